The van der Waals surface area contributed by atoms with E-state index in [0.29, 0.717) is 0 Å². The Morgan fingerprint density at radius 2 is 2.07 bits per heavy atom. The van der Waals surface area contributed by atoms with Crippen LogP contribution >= 0.6 is 0 Å². The van der Waals surface area contributed by atoms with Crippen LogP contribution in [0.25, 0.3) is 11.3 Å². The van der Waals surface area contributed by atoms with Crippen molar-refractivity contribution >= 4 is 5.69 Å². The van der Waals surface area contributed by atoms with E-state index in [-0.39, 0.29) is 0 Å². The molecular weight excluding hydrogens is 184 g/mol. The van der Waals surface area contributed by atoms with Gasteiger partial charge in [0.25, 0.3) is 0 Å². The molecule has 2 heteroatoms. The molecule has 76 valence electrons. The zero-order valence-electron chi connectivity index (χ0n) is 8.77. The van der Waals surface area contributed by atoms with Crippen molar-refractivity contribution in [2.45, 2.75) is 13.3 Å². The van der Waals surface area contributed by atoms with Crippen molar-refractivity contribution in [2.75, 3.05) is 5.73 Å². The van der Waals surface area contributed by atoms with Crippen molar-refractivity contribution in [3.8, 4) is 11.3 Å². The number of nitrogen functional groups attached to an aromatic ring is 1. The molecule has 0 unspecified atom stereocenters. The molecule has 0 bridgehead atoms. The lowest BCUT2D eigenvalue weighted by atomic mass is 10.1. The minimum atomic E-state index is 0.728. The molecule has 2 aromatic rings. The Labute approximate surface area is 89.8 Å². The van der Waals surface area contributed by atoms with Gasteiger partial charge in [-0.3, -0.25) is 4.98 Å². The summed E-state index contributed by atoms with van der Waals surface area (Å²) in [4.78, 5) is 4.30. The van der Waals surface area contributed by atoms with Crippen LogP contribution in [0.15, 0.2) is 42.6 Å². The number of aryl methyl sites for hydroxylation is 1. The molecule has 2 rings (SSSR count). The van der Waals surface area contributed by atoms with E-state index < -0.39 is 0 Å². The third-order valence-corrected chi connectivity index (χ3v) is 2.45. The fourth-order valence-electron chi connectivity index (χ4n) is 1.60. The van der Waals surface area contributed by atoms with Crippen molar-refractivity contribution in [1.29, 1.82) is 0 Å². The first kappa shape index (κ1) is 9.71. The summed E-state index contributed by atoms with van der Waals surface area (Å²) in [5, 5.41) is 0. The number of benzene rings is 1. The second kappa shape index (κ2) is 4.13. The zero-order valence-corrected chi connectivity index (χ0v) is 8.77. The number of nitrogens with zero attached hydrogens (tertiary/aromatic N) is 1. The number of hydrogen-bond acceptors (Lipinski definition) is 2. The third kappa shape index (κ3) is 1.99. The highest BCUT2D eigenvalue weighted by Crippen LogP contribution is 2.23. The lowest BCUT2D eigenvalue weighted by Gasteiger charge is -2.05. The van der Waals surface area contributed by atoms with E-state index in [1.54, 1.807) is 6.20 Å². The Morgan fingerprint density at radius 1 is 1.20 bits per heavy atom. The molecule has 0 amide bonds. The third-order valence-electron chi connectivity index (χ3n) is 2.45. The van der Waals surface area contributed by atoms with E-state index in [2.05, 4.69) is 24.0 Å². The molecular formula is C13H14N2. The van der Waals surface area contributed by atoms with Crippen LogP contribution < -0.4 is 5.73 Å². The molecule has 1 aromatic carbocycles. The van der Waals surface area contributed by atoms with Crippen molar-refractivity contribution in [1.82, 2.24) is 4.98 Å². The van der Waals surface area contributed by atoms with E-state index in [9.17, 15) is 0 Å². The van der Waals surface area contributed by atoms with Gasteiger partial charge in [0.15, 0.2) is 0 Å². The maximum absolute atomic E-state index is 5.88. The van der Waals surface area contributed by atoms with Gasteiger partial charge in [-0.25, -0.2) is 0 Å². The molecule has 1 aromatic heterocycles. The Morgan fingerprint density at radius 3 is 2.80 bits per heavy atom. The van der Waals surface area contributed by atoms with Crippen LogP contribution in [0.3, 0.4) is 0 Å². The van der Waals surface area contributed by atoms with Crippen molar-refractivity contribution in [3.63, 3.8) is 0 Å². The zero-order chi connectivity index (χ0) is 10.7. The summed E-state index contributed by atoms with van der Waals surface area (Å²) in [6.07, 6.45) is 2.80. The molecule has 0 radical (unpaired) electrons. The second-order valence-electron chi connectivity index (χ2n) is 3.50. The van der Waals surface area contributed by atoms with Gasteiger partial charge in [-0.2, -0.15) is 0 Å². The molecule has 15 heavy (non-hydrogen) atoms. The van der Waals surface area contributed by atoms with Gasteiger partial charge in [0, 0.05) is 11.8 Å². The first-order valence-corrected chi connectivity index (χ1v) is 5.11. The van der Waals surface area contributed by atoms with Crippen LogP contribution in [0.4, 0.5) is 5.69 Å². The van der Waals surface area contributed by atoms with E-state index in [1.807, 2.05) is 24.3 Å². The van der Waals surface area contributed by atoms with Gasteiger partial charge in [-0.05, 0) is 30.2 Å². The Bertz CT molecular complexity index is 464. The van der Waals surface area contributed by atoms with E-state index >= 15 is 0 Å². The molecule has 0 aliphatic carbocycles. The molecule has 2 N–H and O–H groups in total. The molecule has 0 saturated heterocycles. The first-order valence-electron chi connectivity index (χ1n) is 5.11. The quantitative estimate of drug-likeness (QED) is 0.805. The SMILES string of the molecule is CCc1cccc(-c2ncccc2N)c1. The van der Waals surface area contributed by atoms with Gasteiger partial charge in [0.05, 0.1) is 11.4 Å². The molecule has 0 aliphatic rings. The summed E-state index contributed by atoms with van der Waals surface area (Å²) in [6, 6.07) is 12.1. The molecule has 2 nitrogen and oxygen atoms in total. The van der Waals surface area contributed by atoms with Gasteiger partial charge in [0.1, 0.15) is 0 Å². The number of anilines is 1. The normalized spacial score (nSPS) is 10.2. The van der Waals surface area contributed by atoms with Crippen molar-refractivity contribution in [2.24, 2.45) is 0 Å². The number of rotatable bonds is 2. The maximum atomic E-state index is 5.88. The van der Waals surface area contributed by atoms with E-state index in [0.717, 1.165) is 23.4 Å². The maximum Gasteiger partial charge on any atom is 0.0931 e. The largest absolute Gasteiger partial charge is 0.397 e. The Hall–Kier alpha value is -1.83. The molecule has 0 fully saturated rings. The minimum absolute atomic E-state index is 0.728. The average molecular weight is 198 g/mol. The van der Waals surface area contributed by atoms with Crippen LogP contribution in [-0.2, 0) is 6.42 Å². The standard InChI is InChI=1S/C13H14N2/c1-2-10-5-3-6-11(9-10)13-12(14)7-4-8-15-13/h3-9H,2,14H2,1H3. The van der Waals surface area contributed by atoms with Crippen LogP contribution in [0.5, 0.6) is 0 Å². The van der Waals surface area contributed by atoms with Gasteiger partial charge in [-0.1, -0.05) is 25.1 Å². The van der Waals surface area contributed by atoms with Crippen molar-refractivity contribution in [3.05, 3.63) is 48.2 Å². The van der Waals surface area contributed by atoms with Gasteiger partial charge >= 0.3 is 0 Å². The number of pyridine rings is 1. The number of aromatic nitrogens is 1. The van der Waals surface area contributed by atoms with Crippen LogP contribution in [0.1, 0.15) is 12.5 Å². The van der Waals surface area contributed by atoms with E-state index in [4.69, 9.17) is 5.73 Å². The van der Waals surface area contributed by atoms with Gasteiger partial charge in [-0.15, -0.1) is 0 Å². The lowest BCUT2D eigenvalue weighted by Crippen LogP contribution is -1.93. The predicted molar refractivity (Wildman–Crippen MR) is 63.5 cm³/mol. The van der Waals surface area contributed by atoms with E-state index in [1.165, 1.54) is 5.56 Å². The smallest absolute Gasteiger partial charge is 0.0931 e. The Balaban J connectivity index is 2.49. The van der Waals surface area contributed by atoms with Crippen LogP contribution in [-0.4, -0.2) is 4.98 Å². The highest BCUT2D eigenvalue weighted by atomic mass is 14.7. The van der Waals surface area contributed by atoms with Crippen LogP contribution in [0.2, 0.25) is 0 Å². The fraction of sp³-hybridized carbons (Fsp3) is 0.154. The second-order valence-corrected chi connectivity index (χ2v) is 3.50. The highest BCUT2D eigenvalue weighted by molar-refractivity contribution is 5.72. The topological polar surface area (TPSA) is 38.9 Å². The predicted octanol–water partition coefficient (Wildman–Crippen LogP) is 2.89. The highest BCUT2D eigenvalue weighted by Gasteiger charge is 2.03. The molecule has 0 atom stereocenters. The lowest BCUT2D eigenvalue weighted by molar-refractivity contribution is 1.14. The molecule has 0 saturated carbocycles. The van der Waals surface area contributed by atoms with Gasteiger partial charge < -0.3 is 5.73 Å². The Kier molecular flexibility index (Phi) is 2.68. The van der Waals surface area contributed by atoms with Gasteiger partial charge in [0.2, 0.25) is 0 Å². The summed E-state index contributed by atoms with van der Waals surface area (Å²) in [6.45, 7) is 2.14. The molecule has 0 spiro atoms. The van der Waals surface area contributed by atoms with Crippen LogP contribution in [0, 0.1) is 0 Å². The minimum Gasteiger partial charge on any atom is -0.397 e. The summed E-state index contributed by atoms with van der Waals surface area (Å²) >= 11 is 0. The fourth-order valence-corrected chi connectivity index (χ4v) is 1.60. The molecule has 0 aliphatic heterocycles. The monoisotopic (exact) mass is 198 g/mol. The summed E-state index contributed by atoms with van der Waals surface area (Å²) in [5.41, 5.74) is 9.87. The summed E-state index contributed by atoms with van der Waals surface area (Å²) in [7, 11) is 0. The molecule has 1 heterocycles. The first-order chi connectivity index (χ1) is 7.31. The number of nitrogens with two attached hydrogens (primary N) is 1. The summed E-state index contributed by atoms with van der Waals surface area (Å²) in [5.74, 6) is 0. The average Bonchev–Trinajstić information content (AvgIpc) is 2.30. The van der Waals surface area contributed by atoms with Crippen molar-refractivity contribution < 1.29 is 0 Å². The summed E-state index contributed by atoms with van der Waals surface area (Å²) < 4.78 is 0. The number of hydrogen-bond donors (Lipinski definition) is 1.